The fraction of sp³-hybridized carbons (Fsp3) is 0.100. The highest BCUT2D eigenvalue weighted by molar-refractivity contribution is 5.99. The zero-order chi connectivity index (χ0) is 80.3. The predicted octanol–water partition coefficient (Wildman–Crippen LogP) is 20.1. The minimum absolute atomic E-state index is 0.588. The van der Waals surface area contributed by atoms with E-state index in [0.717, 1.165) is 186 Å². The summed E-state index contributed by atoms with van der Waals surface area (Å²) >= 11 is 0. The molecule has 0 atom stereocenters. The number of anilines is 11. The van der Waals surface area contributed by atoms with Crippen molar-refractivity contribution in [2.45, 2.75) is 41.0 Å². The number of fused-ring (bicyclic) bond motifs is 10. The summed E-state index contributed by atoms with van der Waals surface area (Å²) in [5.74, 6) is 6.64. The van der Waals surface area contributed by atoms with Crippen molar-refractivity contribution in [2.75, 3.05) is 51.7 Å². The summed E-state index contributed by atoms with van der Waals surface area (Å²) in [7, 11) is 2.05. The van der Waals surface area contributed by atoms with Crippen molar-refractivity contribution < 1.29 is 9.47 Å². The van der Waals surface area contributed by atoms with Crippen molar-refractivity contribution in [1.82, 2.24) is 101 Å². The number of aromatic nitrogens is 20. The van der Waals surface area contributed by atoms with Crippen LogP contribution >= 0.6 is 0 Å². The highest BCUT2D eigenvalue weighted by Gasteiger charge is 2.16. The molecule has 0 bridgehead atoms. The second-order valence-corrected chi connectivity index (χ2v) is 27.4. The third-order valence-corrected chi connectivity index (χ3v) is 19.7. The van der Waals surface area contributed by atoms with Gasteiger partial charge in [-0.05, 0) is 243 Å². The van der Waals surface area contributed by atoms with E-state index in [0.29, 0.717) is 30.0 Å². The molecule has 0 saturated heterocycles. The largest absolute Gasteiger partial charge is 0.478 e. The molecule has 10 N–H and O–H groups in total. The Labute approximate surface area is 674 Å². The molecular weight excluding hydrogens is 1480 g/mol. The van der Waals surface area contributed by atoms with Gasteiger partial charge in [-0.1, -0.05) is 37.3 Å². The molecule has 21 rings (SSSR count). The van der Waals surface area contributed by atoms with Gasteiger partial charge >= 0.3 is 0 Å². The maximum atomic E-state index is 6.07. The van der Waals surface area contributed by atoms with E-state index in [1.165, 1.54) is 10.8 Å². The molecule has 0 radical (unpaired) electrons. The molecule has 28 heteroatoms. The van der Waals surface area contributed by atoms with E-state index >= 15 is 0 Å². The first-order valence-electron chi connectivity index (χ1n) is 38.3. The maximum Gasteiger partial charge on any atom is 0.227 e. The summed E-state index contributed by atoms with van der Waals surface area (Å²) in [6.07, 6.45) is 18.8. The molecule has 0 aliphatic rings. The SMILES string of the molecule is CCN(C)c1nccc2cc(Nc3n[nH]c4cccnc34)ccc12.CCOc1nccc2cc(Nc3n[nH]c4cccnc34)ccc12.CCc1nccc2cc(Nc3n[nH]c4cccnc34)ccc12.Cc1ccccc1Oc1nccc2cc(Nc3n[nH]c4cccnc34)ccc12.Cc1nccc2cc(Nc3n[nH]c4cccnc34)ccc12. The average molecular weight is 1560 g/mol. The van der Waals surface area contributed by atoms with Crippen molar-refractivity contribution >= 4 is 172 Å². The molecule has 6 aromatic carbocycles. The van der Waals surface area contributed by atoms with Crippen LogP contribution in [0.4, 0.5) is 63.3 Å². The Kier molecular flexibility index (Phi) is 21.5. The summed E-state index contributed by atoms with van der Waals surface area (Å²) in [6.45, 7) is 11.7. The molecule has 0 fully saturated rings. The molecule has 21 aromatic rings. The van der Waals surface area contributed by atoms with E-state index in [-0.39, 0.29) is 0 Å². The number of nitrogens with one attached hydrogen (secondary N) is 10. The van der Waals surface area contributed by atoms with Gasteiger partial charge in [0.2, 0.25) is 11.8 Å². The van der Waals surface area contributed by atoms with Crippen LogP contribution < -0.4 is 41.0 Å². The van der Waals surface area contributed by atoms with Crippen molar-refractivity contribution in [3.8, 4) is 17.5 Å². The summed E-state index contributed by atoms with van der Waals surface area (Å²) in [4.78, 5) is 45.9. The molecule has 15 heterocycles. The normalized spacial score (nSPS) is 11.1. The molecule has 28 nitrogen and oxygen atoms in total. The van der Waals surface area contributed by atoms with E-state index < -0.39 is 0 Å². The number of pyridine rings is 10. The zero-order valence-corrected chi connectivity index (χ0v) is 65.0. The fourth-order valence-corrected chi connectivity index (χ4v) is 13.7. The average Bonchev–Trinajstić information content (AvgIpc) is 1.30. The summed E-state index contributed by atoms with van der Waals surface area (Å²) in [5, 5.41) is 64.0. The van der Waals surface area contributed by atoms with E-state index in [4.69, 9.17) is 9.47 Å². The number of benzene rings is 6. The maximum absolute atomic E-state index is 6.07. The molecule has 580 valence electrons. The number of hydrogen-bond acceptors (Lipinski definition) is 23. The van der Waals surface area contributed by atoms with Gasteiger partial charge in [-0.2, -0.15) is 25.5 Å². The highest BCUT2D eigenvalue weighted by atomic mass is 16.5. The van der Waals surface area contributed by atoms with Gasteiger partial charge < -0.3 is 41.0 Å². The van der Waals surface area contributed by atoms with Crippen LogP contribution in [0.2, 0.25) is 0 Å². The monoisotopic (exact) mass is 1550 g/mol. The molecule has 15 aromatic heterocycles. The van der Waals surface area contributed by atoms with E-state index in [1.54, 1.807) is 43.4 Å². The van der Waals surface area contributed by atoms with Crippen molar-refractivity contribution in [1.29, 1.82) is 0 Å². The van der Waals surface area contributed by atoms with Crippen LogP contribution in [0, 0.1) is 13.8 Å². The number of para-hydroxylation sites is 1. The Morgan fingerprint density at radius 2 is 0.669 bits per heavy atom. The van der Waals surface area contributed by atoms with Crippen LogP contribution in [-0.4, -0.2) is 121 Å². The van der Waals surface area contributed by atoms with Gasteiger partial charge in [-0.15, -0.1) is 0 Å². The molecule has 0 unspecified atom stereocenters. The van der Waals surface area contributed by atoms with Crippen molar-refractivity contribution in [3.05, 3.63) is 285 Å². The molecule has 0 saturated carbocycles. The van der Waals surface area contributed by atoms with E-state index in [2.05, 4.69) is 190 Å². The molecule has 0 amide bonds. The number of hydrogen-bond donors (Lipinski definition) is 10. The molecule has 0 spiro atoms. The molecule has 118 heavy (non-hydrogen) atoms. The molecular formula is C90H78N26O2. The number of aromatic amines is 5. The van der Waals surface area contributed by atoms with Gasteiger partial charge in [-0.25, -0.2) is 15.0 Å². The highest BCUT2D eigenvalue weighted by Crippen LogP contribution is 2.36. The summed E-state index contributed by atoms with van der Waals surface area (Å²) in [5.41, 5.74) is 16.7. The minimum Gasteiger partial charge on any atom is -0.478 e. The van der Waals surface area contributed by atoms with Crippen LogP contribution in [0.1, 0.15) is 37.7 Å². The first kappa shape index (κ1) is 74.6. The quantitative estimate of drug-likeness (QED) is 0.0405. The Morgan fingerprint density at radius 1 is 0.322 bits per heavy atom. The standard InChI is InChI=1S/C22H17N5O.C18H18N6.C17H15N5O.C17H15N5.C16H13N5/c1-14-5-2-3-7-19(14)28-22-17-9-8-16(13-15(17)10-12-24-22)25-21-20-18(26-27-21)6-4-11-23-20;1-3-24(2)18-14-7-6-13(11-12(14)8-10-20-18)21-17-16-15(22-23-17)5-4-9-19-16;1-2-23-17-13-6-5-12(10-11(13)7-9-19-17)20-16-15-14(21-22-16)4-3-8-18-15;1-2-14-13-6-5-12(10-11(13)7-9-18-14)20-17-16-15(21-22-17)4-3-8-19-16;1-10-13-5-4-12(9-11(13)6-8-17-10)19-16-15-14(20-21-16)3-2-7-18-15/h2-13H,1H3,(H2,25,26,27);4-11H,3H2,1-2H3,(H2,21,22,23);3-10H,2H2,1H3,(H2,20,21,22);3-10H,2H2,1H3,(H2,20,21,22);2-9H,1H3,(H2,19,20,21). The lowest BCUT2D eigenvalue weighted by Gasteiger charge is -2.17. The summed E-state index contributed by atoms with van der Waals surface area (Å²) < 4.78 is 11.6. The molecule has 0 aliphatic carbocycles. The van der Waals surface area contributed by atoms with Crippen LogP contribution in [-0.2, 0) is 6.42 Å². The van der Waals surface area contributed by atoms with Crippen LogP contribution in [0.5, 0.6) is 17.5 Å². The van der Waals surface area contributed by atoms with Gasteiger partial charge in [-0.3, -0.25) is 60.4 Å². The number of aryl methyl sites for hydroxylation is 3. The number of H-pyrrole nitrogens is 5. The van der Waals surface area contributed by atoms with Gasteiger partial charge in [0, 0.05) is 142 Å². The Balaban J connectivity index is 0.000000106. The Hall–Kier alpha value is -16.1. The van der Waals surface area contributed by atoms with Gasteiger partial charge in [0.15, 0.2) is 29.1 Å². The van der Waals surface area contributed by atoms with E-state index in [9.17, 15) is 0 Å². The van der Waals surface area contributed by atoms with Crippen LogP contribution in [0.15, 0.2) is 268 Å². The lowest BCUT2D eigenvalue weighted by molar-refractivity contribution is 0.331. The minimum atomic E-state index is 0.588. The van der Waals surface area contributed by atoms with E-state index in [1.807, 2.05) is 209 Å². The predicted molar refractivity (Wildman–Crippen MR) is 470 cm³/mol. The third kappa shape index (κ3) is 16.3. The number of rotatable bonds is 17. The fourth-order valence-electron chi connectivity index (χ4n) is 13.7. The van der Waals surface area contributed by atoms with Crippen molar-refractivity contribution in [2.24, 2.45) is 0 Å². The lowest BCUT2D eigenvalue weighted by atomic mass is 10.1. The van der Waals surface area contributed by atoms with Gasteiger partial charge in [0.1, 0.15) is 39.2 Å². The van der Waals surface area contributed by atoms with Crippen LogP contribution in [0.25, 0.3) is 109 Å². The van der Waals surface area contributed by atoms with Crippen LogP contribution in [0.3, 0.4) is 0 Å². The smallest absolute Gasteiger partial charge is 0.227 e. The second-order valence-electron chi connectivity index (χ2n) is 27.4. The lowest BCUT2D eigenvalue weighted by Crippen LogP contribution is -2.17. The first-order valence-corrected chi connectivity index (χ1v) is 38.3. The second kappa shape index (κ2) is 34.1. The third-order valence-electron chi connectivity index (χ3n) is 19.7. The molecule has 0 aliphatic heterocycles. The Morgan fingerprint density at radius 3 is 1.08 bits per heavy atom. The zero-order valence-electron chi connectivity index (χ0n) is 65.0. The Bertz CT molecular complexity index is 7140. The number of ether oxygens (including phenoxy) is 2. The number of nitrogens with zero attached hydrogens (tertiary/aromatic N) is 16. The topological polar surface area (TPSA) is 354 Å². The first-order chi connectivity index (χ1) is 58.0. The summed E-state index contributed by atoms with van der Waals surface area (Å²) in [6, 6.07) is 67.8. The van der Waals surface area contributed by atoms with Gasteiger partial charge in [0.25, 0.3) is 0 Å². The van der Waals surface area contributed by atoms with Gasteiger partial charge in [0.05, 0.1) is 34.2 Å². The van der Waals surface area contributed by atoms with Crippen molar-refractivity contribution in [3.63, 3.8) is 0 Å².